The molecule has 0 spiro atoms. The SMILES string of the molecule is COCCN(C)CCCc1ccc2c(O)occ2n1. The van der Waals surface area contributed by atoms with Crippen LogP contribution in [0.3, 0.4) is 0 Å². The molecule has 1 N–H and O–H groups in total. The van der Waals surface area contributed by atoms with Crippen molar-refractivity contribution in [3.05, 3.63) is 24.1 Å². The largest absolute Gasteiger partial charge is 0.480 e. The number of nitrogens with zero attached hydrogens (tertiary/aromatic N) is 2. The minimum absolute atomic E-state index is 0.0617. The van der Waals surface area contributed by atoms with Crippen molar-refractivity contribution < 1.29 is 14.3 Å². The zero-order valence-corrected chi connectivity index (χ0v) is 11.4. The van der Waals surface area contributed by atoms with Gasteiger partial charge in [0.05, 0.1) is 12.0 Å². The molecule has 2 aromatic heterocycles. The molecule has 5 nitrogen and oxygen atoms in total. The van der Waals surface area contributed by atoms with E-state index in [0.717, 1.165) is 38.2 Å². The van der Waals surface area contributed by atoms with Crippen LogP contribution in [0.1, 0.15) is 12.1 Å². The van der Waals surface area contributed by atoms with Crippen LogP contribution in [0, 0.1) is 0 Å². The van der Waals surface area contributed by atoms with Crippen LogP contribution in [-0.4, -0.2) is 48.8 Å². The number of hydrogen-bond acceptors (Lipinski definition) is 5. The van der Waals surface area contributed by atoms with E-state index in [2.05, 4.69) is 16.9 Å². The molecule has 0 fully saturated rings. The molecule has 0 saturated heterocycles. The number of fused-ring (bicyclic) bond motifs is 1. The van der Waals surface area contributed by atoms with Gasteiger partial charge in [-0.15, -0.1) is 0 Å². The highest BCUT2D eigenvalue weighted by molar-refractivity contribution is 5.82. The topological polar surface area (TPSA) is 58.7 Å². The fourth-order valence-electron chi connectivity index (χ4n) is 1.99. The third kappa shape index (κ3) is 3.68. The van der Waals surface area contributed by atoms with Gasteiger partial charge in [0, 0.05) is 19.3 Å². The summed E-state index contributed by atoms with van der Waals surface area (Å²) in [6.45, 7) is 2.72. The molecule has 0 aliphatic carbocycles. The maximum Gasteiger partial charge on any atom is 0.291 e. The summed E-state index contributed by atoms with van der Waals surface area (Å²) in [5.74, 6) is -0.0617. The van der Waals surface area contributed by atoms with Gasteiger partial charge in [0.15, 0.2) is 0 Å². The molecule has 0 saturated carbocycles. The van der Waals surface area contributed by atoms with Gasteiger partial charge in [-0.25, -0.2) is 4.98 Å². The second-order valence-corrected chi connectivity index (χ2v) is 4.68. The van der Waals surface area contributed by atoms with E-state index in [1.165, 1.54) is 6.26 Å². The van der Waals surface area contributed by atoms with E-state index in [1.807, 2.05) is 12.1 Å². The molecular formula is C14H20N2O3. The first-order valence-electron chi connectivity index (χ1n) is 6.44. The van der Waals surface area contributed by atoms with Gasteiger partial charge < -0.3 is 19.2 Å². The van der Waals surface area contributed by atoms with E-state index >= 15 is 0 Å². The lowest BCUT2D eigenvalue weighted by Crippen LogP contribution is -2.24. The quantitative estimate of drug-likeness (QED) is 0.829. The number of furan rings is 1. The lowest BCUT2D eigenvalue weighted by Gasteiger charge is -2.15. The number of aryl methyl sites for hydroxylation is 1. The summed E-state index contributed by atoms with van der Waals surface area (Å²) >= 11 is 0. The van der Waals surface area contributed by atoms with E-state index in [9.17, 15) is 5.11 Å². The molecule has 0 unspecified atom stereocenters. The molecule has 2 rings (SSSR count). The maximum atomic E-state index is 9.41. The first-order chi connectivity index (χ1) is 9.20. The standard InChI is InChI=1S/C14H20N2O3/c1-16(8-9-18-2)7-3-4-11-5-6-12-13(15-11)10-19-14(12)17/h5-6,10,17H,3-4,7-9H2,1-2H3. The Morgan fingerprint density at radius 2 is 2.21 bits per heavy atom. The van der Waals surface area contributed by atoms with Crippen molar-refractivity contribution in [1.82, 2.24) is 9.88 Å². The van der Waals surface area contributed by atoms with E-state index in [-0.39, 0.29) is 5.95 Å². The zero-order valence-electron chi connectivity index (χ0n) is 11.4. The molecule has 0 radical (unpaired) electrons. The van der Waals surface area contributed by atoms with Crippen LogP contribution in [0.2, 0.25) is 0 Å². The van der Waals surface area contributed by atoms with Gasteiger partial charge in [0.2, 0.25) is 0 Å². The summed E-state index contributed by atoms with van der Waals surface area (Å²) < 4.78 is 9.97. The van der Waals surface area contributed by atoms with Crippen molar-refractivity contribution in [3.8, 4) is 5.95 Å². The van der Waals surface area contributed by atoms with Crippen LogP contribution in [-0.2, 0) is 11.2 Å². The highest BCUT2D eigenvalue weighted by Crippen LogP contribution is 2.25. The Morgan fingerprint density at radius 1 is 1.37 bits per heavy atom. The maximum absolute atomic E-state index is 9.41. The average Bonchev–Trinajstić information content (AvgIpc) is 2.78. The monoisotopic (exact) mass is 264 g/mol. The van der Waals surface area contributed by atoms with Crippen LogP contribution in [0.25, 0.3) is 10.9 Å². The van der Waals surface area contributed by atoms with Crippen LogP contribution in [0.15, 0.2) is 22.8 Å². The van der Waals surface area contributed by atoms with Crippen LogP contribution < -0.4 is 0 Å². The highest BCUT2D eigenvalue weighted by Gasteiger charge is 2.06. The van der Waals surface area contributed by atoms with Gasteiger partial charge >= 0.3 is 0 Å². The van der Waals surface area contributed by atoms with Crippen LogP contribution in [0.5, 0.6) is 5.95 Å². The fraction of sp³-hybridized carbons (Fsp3) is 0.500. The van der Waals surface area contributed by atoms with Gasteiger partial charge in [-0.3, -0.25) is 0 Å². The molecule has 0 bridgehead atoms. The smallest absolute Gasteiger partial charge is 0.291 e. The second-order valence-electron chi connectivity index (χ2n) is 4.68. The number of hydrogen-bond donors (Lipinski definition) is 1. The number of aromatic hydroxyl groups is 1. The third-order valence-electron chi connectivity index (χ3n) is 3.14. The number of pyridine rings is 1. The van der Waals surface area contributed by atoms with Gasteiger partial charge in [-0.2, -0.15) is 0 Å². The van der Waals surface area contributed by atoms with Crippen LogP contribution >= 0.6 is 0 Å². The number of aromatic nitrogens is 1. The first kappa shape index (κ1) is 13.8. The molecule has 19 heavy (non-hydrogen) atoms. The van der Waals surface area contributed by atoms with Crippen molar-refractivity contribution in [2.75, 3.05) is 33.9 Å². The predicted molar refractivity (Wildman–Crippen MR) is 73.4 cm³/mol. The molecule has 0 aliphatic heterocycles. The van der Waals surface area contributed by atoms with Crippen LogP contribution in [0.4, 0.5) is 0 Å². The minimum Gasteiger partial charge on any atom is -0.480 e. The van der Waals surface area contributed by atoms with Crippen molar-refractivity contribution in [2.45, 2.75) is 12.8 Å². The van der Waals surface area contributed by atoms with Gasteiger partial charge in [0.25, 0.3) is 5.95 Å². The first-order valence-corrected chi connectivity index (χ1v) is 6.44. The highest BCUT2D eigenvalue weighted by atomic mass is 16.5. The predicted octanol–water partition coefficient (Wildman–Crippen LogP) is 2.04. The molecule has 0 aliphatic rings. The van der Waals surface area contributed by atoms with E-state index in [1.54, 1.807) is 7.11 Å². The Labute approximate surface area is 112 Å². The van der Waals surface area contributed by atoms with E-state index in [4.69, 9.17) is 9.15 Å². The van der Waals surface area contributed by atoms with Crippen molar-refractivity contribution in [3.63, 3.8) is 0 Å². The van der Waals surface area contributed by atoms with Gasteiger partial charge in [-0.1, -0.05) is 0 Å². The normalized spacial score (nSPS) is 11.5. The second kappa shape index (κ2) is 6.54. The summed E-state index contributed by atoms with van der Waals surface area (Å²) in [6.07, 6.45) is 3.45. The Balaban J connectivity index is 1.84. The third-order valence-corrected chi connectivity index (χ3v) is 3.14. The summed E-state index contributed by atoms with van der Waals surface area (Å²) in [5, 5.41) is 10.1. The lowest BCUT2D eigenvalue weighted by atomic mass is 10.2. The van der Waals surface area contributed by atoms with Crippen molar-refractivity contribution in [2.24, 2.45) is 0 Å². The molecule has 5 heteroatoms. The molecule has 104 valence electrons. The van der Waals surface area contributed by atoms with Gasteiger partial charge in [-0.05, 0) is 38.6 Å². The van der Waals surface area contributed by atoms with Crippen molar-refractivity contribution in [1.29, 1.82) is 0 Å². The number of ether oxygens (including phenoxy) is 1. The molecular weight excluding hydrogens is 244 g/mol. The van der Waals surface area contributed by atoms with E-state index < -0.39 is 0 Å². The summed E-state index contributed by atoms with van der Waals surface area (Å²) in [6, 6.07) is 3.79. The molecule has 0 amide bonds. The molecule has 0 aromatic carbocycles. The molecule has 2 heterocycles. The number of methoxy groups -OCH3 is 1. The van der Waals surface area contributed by atoms with Crippen molar-refractivity contribution >= 4 is 10.9 Å². The molecule has 0 atom stereocenters. The van der Waals surface area contributed by atoms with E-state index in [0.29, 0.717) is 10.9 Å². The fourth-order valence-corrected chi connectivity index (χ4v) is 1.99. The summed E-state index contributed by atoms with van der Waals surface area (Å²) in [4.78, 5) is 6.70. The molecule has 2 aromatic rings. The Kier molecular flexibility index (Phi) is 4.76. The summed E-state index contributed by atoms with van der Waals surface area (Å²) in [5.41, 5.74) is 1.73. The Morgan fingerprint density at radius 3 is 3.00 bits per heavy atom. The summed E-state index contributed by atoms with van der Waals surface area (Å²) in [7, 11) is 3.80. The lowest BCUT2D eigenvalue weighted by molar-refractivity contribution is 0.160. The minimum atomic E-state index is -0.0617. The number of rotatable bonds is 7. The van der Waals surface area contributed by atoms with Gasteiger partial charge in [0.1, 0.15) is 11.8 Å². The Hall–Kier alpha value is -1.59. The number of likely N-dealkylation sites (N-methyl/N-ethyl adjacent to an activating group) is 1. The Bertz CT molecular complexity index is 524. The zero-order chi connectivity index (χ0) is 13.7. The average molecular weight is 264 g/mol.